The molecule has 1 aromatic carbocycles. The molecule has 0 aliphatic carbocycles. The largest absolute Gasteiger partial charge is 0.438 e. The zero-order valence-electron chi connectivity index (χ0n) is 10.3. The predicted octanol–water partition coefficient (Wildman–Crippen LogP) is 3.70. The zero-order valence-corrected chi connectivity index (χ0v) is 10.3. The molecule has 3 nitrogen and oxygen atoms in total. The molecular weight excluding hydrogens is 224 g/mol. The van der Waals surface area contributed by atoms with E-state index in [9.17, 15) is 0 Å². The highest BCUT2D eigenvalue weighted by molar-refractivity contribution is 5.40. The van der Waals surface area contributed by atoms with Gasteiger partial charge in [-0.3, -0.25) is 0 Å². The van der Waals surface area contributed by atoms with E-state index in [1.165, 1.54) is 5.56 Å². The van der Waals surface area contributed by atoms with Crippen LogP contribution in [0.3, 0.4) is 0 Å². The number of rotatable bonds is 4. The summed E-state index contributed by atoms with van der Waals surface area (Å²) in [5.41, 5.74) is 1.72. The van der Waals surface area contributed by atoms with Crippen LogP contribution in [0.1, 0.15) is 24.5 Å². The minimum atomic E-state index is 0.350. The number of pyridine rings is 1. The number of aromatic nitrogens is 1. The average Bonchev–Trinajstić information content (AvgIpc) is 2.42. The first-order valence-corrected chi connectivity index (χ1v) is 5.95. The van der Waals surface area contributed by atoms with Crippen molar-refractivity contribution in [3.8, 4) is 17.7 Å². The number of nitrogens with zero attached hydrogens (tertiary/aromatic N) is 2. The summed E-state index contributed by atoms with van der Waals surface area (Å²) >= 11 is 0. The van der Waals surface area contributed by atoms with E-state index in [1.807, 2.05) is 24.3 Å². The lowest BCUT2D eigenvalue weighted by Crippen LogP contribution is -1.91. The smallest absolute Gasteiger partial charge is 0.237 e. The molecule has 0 saturated heterocycles. The Hall–Kier alpha value is -2.34. The summed E-state index contributed by atoms with van der Waals surface area (Å²) in [6, 6.07) is 13.3. The summed E-state index contributed by atoms with van der Waals surface area (Å²) in [4.78, 5) is 4.06. The molecule has 0 N–H and O–H groups in total. The maximum atomic E-state index is 8.94. The first kappa shape index (κ1) is 12.1. The molecule has 0 radical (unpaired) electrons. The highest BCUT2D eigenvalue weighted by Crippen LogP contribution is 2.22. The van der Waals surface area contributed by atoms with Gasteiger partial charge >= 0.3 is 0 Å². The topological polar surface area (TPSA) is 45.9 Å². The van der Waals surface area contributed by atoms with Crippen LogP contribution in [0.15, 0.2) is 42.6 Å². The second-order valence-corrected chi connectivity index (χ2v) is 3.96. The molecule has 3 heteroatoms. The van der Waals surface area contributed by atoms with E-state index in [0.29, 0.717) is 17.2 Å². The number of nitriles is 1. The van der Waals surface area contributed by atoms with Crippen LogP contribution in [0.2, 0.25) is 0 Å². The number of ether oxygens (including phenoxy) is 1. The highest BCUT2D eigenvalue weighted by atomic mass is 16.5. The third kappa shape index (κ3) is 2.86. The Labute approximate surface area is 107 Å². The van der Waals surface area contributed by atoms with E-state index < -0.39 is 0 Å². The van der Waals surface area contributed by atoms with Crippen LogP contribution in [0.5, 0.6) is 11.6 Å². The van der Waals surface area contributed by atoms with Gasteiger partial charge in [-0.05, 0) is 36.2 Å². The Bertz CT molecular complexity index is 555. The number of hydrogen-bond acceptors (Lipinski definition) is 3. The molecule has 0 saturated carbocycles. The van der Waals surface area contributed by atoms with Gasteiger partial charge in [0.2, 0.25) is 5.88 Å². The molecule has 0 amide bonds. The Morgan fingerprint density at radius 2 is 2.00 bits per heavy atom. The maximum Gasteiger partial charge on any atom is 0.237 e. The normalized spacial score (nSPS) is 9.78. The molecule has 0 atom stereocenters. The molecule has 2 rings (SSSR count). The quantitative estimate of drug-likeness (QED) is 0.815. The van der Waals surface area contributed by atoms with Gasteiger partial charge in [-0.1, -0.05) is 25.5 Å². The van der Waals surface area contributed by atoms with Crippen molar-refractivity contribution in [2.45, 2.75) is 19.8 Å². The van der Waals surface area contributed by atoms with E-state index in [-0.39, 0.29) is 0 Å². The highest BCUT2D eigenvalue weighted by Gasteiger charge is 2.04. The second-order valence-electron chi connectivity index (χ2n) is 3.96. The van der Waals surface area contributed by atoms with Crippen molar-refractivity contribution in [2.24, 2.45) is 0 Å². The average molecular weight is 238 g/mol. The molecule has 1 heterocycles. The van der Waals surface area contributed by atoms with Crippen LogP contribution in [-0.4, -0.2) is 4.98 Å². The summed E-state index contributed by atoms with van der Waals surface area (Å²) in [5, 5.41) is 8.94. The third-order valence-corrected chi connectivity index (χ3v) is 2.57. The van der Waals surface area contributed by atoms with Gasteiger partial charge in [-0.2, -0.15) is 5.26 Å². The molecule has 0 aliphatic heterocycles. The van der Waals surface area contributed by atoms with Gasteiger partial charge in [0.15, 0.2) is 0 Å². The van der Waals surface area contributed by atoms with Crippen molar-refractivity contribution in [3.05, 3.63) is 53.7 Å². The Kier molecular flexibility index (Phi) is 3.93. The van der Waals surface area contributed by atoms with Crippen molar-refractivity contribution in [1.82, 2.24) is 4.98 Å². The minimum Gasteiger partial charge on any atom is -0.438 e. The first-order valence-electron chi connectivity index (χ1n) is 5.95. The molecule has 0 unspecified atom stereocenters. The predicted molar refractivity (Wildman–Crippen MR) is 69.5 cm³/mol. The van der Waals surface area contributed by atoms with Crippen molar-refractivity contribution in [3.63, 3.8) is 0 Å². The van der Waals surface area contributed by atoms with Gasteiger partial charge in [-0.25, -0.2) is 4.98 Å². The maximum absolute atomic E-state index is 8.94. The zero-order chi connectivity index (χ0) is 12.8. The molecule has 18 heavy (non-hydrogen) atoms. The summed E-state index contributed by atoms with van der Waals surface area (Å²) < 4.78 is 5.60. The molecule has 90 valence electrons. The molecule has 0 aliphatic rings. The molecule has 1 aromatic heterocycles. The SMILES string of the molecule is CCCc1ccc(Oc2ncccc2C#N)cc1. The lowest BCUT2D eigenvalue weighted by atomic mass is 10.1. The number of aryl methyl sites for hydroxylation is 1. The van der Waals surface area contributed by atoms with Crippen LogP contribution in [0.4, 0.5) is 0 Å². The first-order chi connectivity index (χ1) is 8.83. The third-order valence-electron chi connectivity index (χ3n) is 2.57. The lowest BCUT2D eigenvalue weighted by molar-refractivity contribution is 0.461. The van der Waals surface area contributed by atoms with E-state index in [4.69, 9.17) is 10.00 Å². The monoisotopic (exact) mass is 238 g/mol. The molecule has 0 fully saturated rings. The number of hydrogen-bond donors (Lipinski definition) is 0. The molecule has 0 bridgehead atoms. The van der Waals surface area contributed by atoms with Gasteiger partial charge in [0.05, 0.1) is 0 Å². The lowest BCUT2D eigenvalue weighted by Gasteiger charge is -2.06. The van der Waals surface area contributed by atoms with E-state index in [1.54, 1.807) is 18.3 Å². The van der Waals surface area contributed by atoms with Gasteiger partial charge in [0.1, 0.15) is 17.4 Å². The fourth-order valence-corrected chi connectivity index (χ4v) is 1.68. The summed E-state index contributed by atoms with van der Waals surface area (Å²) in [7, 11) is 0. The molecule has 0 spiro atoms. The standard InChI is InChI=1S/C15H14N2O/c1-2-4-12-6-8-14(9-7-12)18-15-13(11-16)5-3-10-17-15/h3,5-10H,2,4H2,1H3. The Balaban J connectivity index is 2.16. The van der Waals surface area contributed by atoms with Crippen LogP contribution in [0.25, 0.3) is 0 Å². The second kappa shape index (κ2) is 5.83. The Morgan fingerprint density at radius 3 is 2.67 bits per heavy atom. The van der Waals surface area contributed by atoms with E-state index >= 15 is 0 Å². The minimum absolute atomic E-state index is 0.350. The molecular formula is C15H14N2O. The van der Waals surface area contributed by atoms with Gasteiger partial charge in [-0.15, -0.1) is 0 Å². The van der Waals surface area contributed by atoms with Crippen LogP contribution in [0, 0.1) is 11.3 Å². The van der Waals surface area contributed by atoms with Crippen LogP contribution < -0.4 is 4.74 Å². The van der Waals surface area contributed by atoms with Crippen LogP contribution >= 0.6 is 0 Å². The summed E-state index contributed by atoms with van der Waals surface area (Å²) in [6.45, 7) is 2.15. The molecule has 2 aromatic rings. The fourth-order valence-electron chi connectivity index (χ4n) is 1.68. The van der Waals surface area contributed by atoms with Crippen molar-refractivity contribution < 1.29 is 4.74 Å². The Morgan fingerprint density at radius 1 is 1.22 bits per heavy atom. The number of benzene rings is 1. The van der Waals surface area contributed by atoms with Gasteiger partial charge < -0.3 is 4.74 Å². The fraction of sp³-hybridized carbons (Fsp3) is 0.200. The summed E-state index contributed by atoms with van der Waals surface area (Å²) in [5.74, 6) is 1.05. The van der Waals surface area contributed by atoms with Crippen molar-refractivity contribution >= 4 is 0 Å². The summed E-state index contributed by atoms with van der Waals surface area (Å²) in [6.07, 6.45) is 3.80. The van der Waals surface area contributed by atoms with Crippen molar-refractivity contribution in [2.75, 3.05) is 0 Å². The van der Waals surface area contributed by atoms with E-state index in [2.05, 4.69) is 18.0 Å². The van der Waals surface area contributed by atoms with Gasteiger partial charge in [0.25, 0.3) is 0 Å². The van der Waals surface area contributed by atoms with Crippen molar-refractivity contribution in [1.29, 1.82) is 5.26 Å². The van der Waals surface area contributed by atoms with Gasteiger partial charge in [0, 0.05) is 6.20 Å². The van der Waals surface area contributed by atoms with E-state index in [0.717, 1.165) is 12.8 Å². The van der Waals surface area contributed by atoms with Crippen LogP contribution in [-0.2, 0) is 6.42 Å².